The van der Waals surface area contributed by atoms with Crippen LogP contribution in [0.5, 0.6) is 0 Å². The highest BCUT2D eigenvalue weighted by molar-refractivity contribution is 14.1. The third-order valence-electron chi connectivity index (χ3n) is 2.54. The first-order chi connectivity index (χ1) is 8.31. The van der Waals surface area contributed by atoms with Gasteiger partial charge in [0, 0.05) is 19.8 Å². The lowest BCUT2D eigenvalue weighted by atomic mass is 10.3. The third-order valence-corrected chi connectivity index (χ3v) is 5.31. The van der Waals surface area contributed by atoms with Crippen molar-refractivity contribution in [3.05, 3.63) is 0 Å². The van der Waals surface area contributed by atoms with Crippen molar-refractivity contribution in [2.75, 3.05) is 47.5 Å². The summed E-state index contributed by atoms with van der Waals surface area (Å²) in [4.78, 5) is 2.20. The summed E-state index contributed by atoms with van der Waals surface area (Å²) in [5.41, 5.74) is 0. The molecular formula is C11H26IN2O3P. The lowest BCUT2D eigenvalue weighted by Crippen LogP contribution is -2.45. The number of alkyl halides is 1. The van der Waals surface area contributed by atoms with Crippen LogP contribution in [0, 0.1) is 0 Å². The Morgan fingerprint density at radius 2 is 2.00 bits per heavy atom. The van der Waals surface area contributed by atoms with Crippen LogP contribution in [0.1, 0.15) is 13.8 Å². The molecule has 1 saturated heterocycles. The fourth-order valence-corrected chi connectivity index (χ4v) is 3.15. The van der Waals surface area contributed by atoms with Crippen molar-refractivity contribution in [2.24, 2.45) is 0 Å². The monoisotopic (exact) mass is 392 g/mol. The molecule has 5 nitrogen and oxygen atoms in total. The van der Waals surface area contributed by atoms with Crippen LogP contribution in [0.2, 0.25) is 0 Å². The fourth-order valence-electron chi connectivity index (χ4n) is 1.39. The molecule has 1 heterocycles. The first-order valence-corrected chi connectivity index (χ1v) is 9.46. The zero-order chi connectivity index (χ0) is 14.3. The van der Waals surface area contributed by atoms with Gasteiger partial charge in [0.1, 0.15) is 4.11 Å². The molecule has 0 spiro atoms. The lowest BCUT2D eigenvalue weighted by molar-refractivity contribution is -0.0496. The molecule has 0 aromatic carbocycles. The summed E-state index contributed by atoms with van der Waals surface area (Å²) in [6, 6.07) is 0. The molecule has 0 saturated carbocycles. The minimum absolute atomic E-state index is 0.00822. The van der Waals surface area contributed by atoms with E-state index in [1.54, 1.807) is 25.4 Å². The average Bonchev–Trinajstić information content (AvgIpc) is 2.28. The highest BCUT2D eigenvalue weighted by Crippen LogP contribution is 2.44. The van der Waals surface area contributed by atoms with E-state index in [1.165, 1.54) is 0 Å². The van der Waals surface area contributed by atoms with E-state index in [0.717, 1.165) is 13.1 Å². The predicted molar refractivity (Wildman–Crippen MR) is 84.7 cm³/mol. The number of rotatable bonds is 4. The van der Waals surface area contributed by atoms with Gasteiger partial charge in [-0.05, 0) is 43.7 Å². The summed E-state index contributed by atoms with van der Waals surface area (Å²) >= 11 is 2.26. The van der Waals surface area contributed by atoms with Gasteiger partial charge in [-0.3, -0.25) is 4.57 Å². The van der Waals surface area contributed by atoms with Crippen molar-refractivity contribution >= 4 is 30.1 Å². The molecule has 1 aliphatic rings. The SMILES string of the molecule is CC.CN1CC(I)OC(COP(C)(=O)N(C)C)C1. The van der Waals surface area contributed by atoms with Crippen LogP contribution in [0.3, 0.4) is 0 Å². The molecule has 0 N–H and O–H groups in total. The van der Waals surface area contributed by atoms with Crippen LogP contribution >= 0.6 is 30.1 Å². The highest BCUT2D eigenvalue weighted by Gasteiger charge is 2.27. The van der Waals surface area contributed by atoms with Crippen LogP contribution in [0.4, 0.5) is 0 Å². The smallest absolute Gasteiger partial charge is 0.268 e. The summed E-state index contributed by atoms with van der Waals surface area (Å²) in [7, 11) is 2.94. The Bertz CT molecular complexity index is 269. The van der Waals surface area contributed by atoms with E-state index in [0.29, 0.717) is 6.61 Å². The van der Waals surface area contributed by atoms with Crippen LogP contribution in [-0.4, -0.2) is 67.3 Å². The van der Waals surface area contributed by atoms with E-state index in [1.807, 2.05) is 13.8 Å². The first kappa shape index (κ1) is 18.8. The lowest BCUT2D eigenvalue weighted by Gasteiger charge is -2.34. The van der Waals surface area contributed by atoms with Gasteiger partial charge in [0.05, 0.1) is 12.7 Å². The van der Waals surface area contributed by atoms with Crippen LogP contribution in [0.15, 0.2) is 0 Å². The normalized spacial score (nSPS) is 28.4. The van der Waals surface area contributed by atoms with E-state index in [9.17, 15) is 4.57 Å². The molecule has 0 radical (unpaired) electrons. The van der Waals surface area contributed by atoms with E-state index in [4.69, 9.17) is 9.26 Å². The van der Waals surface area contributed by atoms with Crippen molar-refractivity contribution in [1.29, 1.82) is 0 Å². The zero-order valence-corrected chi connectivity index (χ0v) is 15.3. The number of likely N-dealkylation sites (N-methyl/N-ethyl adjacent to an activating group) is 1. The molecule has 0 aliphatic carbocycles. The molecule has 0 amide bonds. The molecule has 1 rings (SSSR count). The first-order valence-electron chi connectivity index (χ1n) is 6.19. The van der Waals surface area contributed by atoms with Gasteiger partial charge >= 0.3 is 0 Å². The van der Waals surface area contributed by atoms with Gasteiger partial charge in [-0.15, -0.1) is 0 Å². The third kappa shape index (κ3) is 6.82. The number of morpholine rings is 1. The second-order valence-electron chi connectivity index (χ2n) is 4.34. The molecule has 0 aromatic heterocycles. The van der Waals surface area contributed by atoms with Gasteiger partial charge in [0.2, 0.25) is 0 Å². The van der Waals surface area contributed by atoms with E-state index < -0.39 is 7.52 Å². The summed E-state index contributed by atoms with van der Waals surface area (Å²) in [6.07, 6.45) is 0.00822. The molecule has 0 aromatic rings. The Kier molecular flexibility index (Phi) is 9.26. The van der Waals surface area contributed by atoms with E-state index >= 15 is 0 Å². The van der Waals surface area contributed by atoms with Crippen LogP contribution in [0.25, 0.3) is 0 Å². The summed E-state index contributed by atoms with van der Waals surface area (Å²) in [5, 5.41) is 0. The Labute approximate surface area is 125 Å². The van der Waals surface area contributed by atoms with Gasteiger partial charge in [-0.2, -0.15) is 0 Å². The predicted octanol–water partition coefficient (Wildman–Crippen LogP) is 2.51. The number of ether oxygens (including phenoxy) is 1. The number of nitrogens with zero attached hydrogens (tertiary/aromatic N) is 2. The van der Waals surface area contributed by atoms with Crippen molar-refractivity contribution in [2.45, 2.75) is 24.1 Å². The maximum Gasteiger partial charge on any atom is 0.268 e. The highest BCUT2D eigenvalue weighted by atomic mass is 127. The quantitative estimate of drug-likeness (QED) is 0.418. The Balaban J connectivity index is 0.00000137. The maximum absolute atomic E-state index is 12.0. The van der Waals surface area contributed by atoms with Gasteiger partial charge in [-0.25, -0.2) is 4.67 Å². The van der Waals surface area contributed by atoms with Gasteiger partial charge < -0.3 is 14.2 Å². The molecule has 3 atom stereocenters. The standard InChI is InChI=1S/C9H20IN2O3P.C2H6/c1-11(2)16(4,13)14-7-8-5-12(3)6-9(10)15-8;1-2/h8-9H,5-7H2,1-4H3;1-2H3. The maximum atomic E-state index is 12.0. The van der Waals surface area contributed by atoms with E-state index in [-0.39, 0.29) is 10.2 Å². The molecule has 110 valence electrons. The molecule has 18 heavy (non-hydrogen) atoms. The molecule has 3 unspecified atom stereocenters. The Hall–Kier alpha value is 0.800. The van der Waals surface area contributed by atoms with Crippen molar-refractivity contribution in [3.8, 4) is 0 Å². The fraction of sp³-hybridized carbons (Fsp3) is 1.00. The van der Waals surface area contributed by atoms with Gasteiger partial charge in [-0.1, -0.05) is 13.8 Å². The largest absolute Gasteiger partial charge is 0.360 e. The second-order valence-corrected chi connectivity index (χ2v) is 8.39. The summed E-state index contributed by atoms with van der Waals surface area (Å²) in [6.45, 7) is 7.76. The Morgan fingerprint density at radius 1 is 1.44 bits per heavy atom. The van der Waals surface area contributed by atoms with Crippen molar-refractivity contribution < 1.29 is 13.8 Å². The van der Waals surface area contributed by atoms with Gasteiger partial charge in [0.25, 0.3) is 7.52 Å². The minimum Gasteiger partial charge on any atom is -0.360 e. The van der Waals surface area contributed by atoms with Crippen LogP contribution < -0.4 is 0 Å². The summed E-state index contributed by atoms with van der Waals surface area (Å²) in [5.74, 6) is 0. The molecule has 1 aliphatic heterocycles. The topological polar surface area (TPSA) is 42.0 Å². The number of hydrogen-bond acceptors (Lipinski definition) is 4. The molecule has 7 heteroatoms. The minimum atomic E-state index is -2.64. The number of halogens is 1. The average molecular weight is 392 g/mol. The molecule has 0 bridgehead atoms. The zero-order valence-electron chi connectivity index (χ0n) is 12.2. The van der Waals surface area contributed by atoms with E-state index in [2.05, 4.69) is 34.5 Å². The number of hydrogen-bond donors (Lipinski definition) is 0. The van der Waals surface area contributed by atoms with Gasteiger partial charge in [0.15, 0.2) is 0 Å². The van der Waals surface area contributed by atoms with Crippen molar-refractivity contribution in [1.82, 2.24) is 9.57 Å². The Morgan fingerprint density at radius 3 is 2.44 bits per heavy atom. The summed E-state index contributed by atoms with van der Waals surface area (Å²) < 4.78 is 24.9. The second kappa shape index (κ2) is 8.87. The van der Waals surface area contributed by atoms with Crippen LogP contribution in [-0.2, 0) is 13.8 Å². The van der Waals surface area contributed by atoms with Crippen molar-refractivity contribution in [3.63, 3.8) is 0 Å². The molecule has 1 fully saturated rings. The molecular weight excluding hydrogens is 366 g/mol.